The fourth-order valence-corrected chi connectivity index (χ4v) is 3.10. The number of hydrogen-bond acceptors (Lipinski definition) is 4. The lowest BCUT2D eigenvalue weighted by atomic mass is 9.99. The van der Waals surface area contributed by atoms with Gasteiger partial charge in [-0.05, 0) is 65.9 Å². The van der Waals surface area contributed by atoms with Gasteiger partial charge in [-0.3, -0.25) is 0 Å². The maximum absolute atomic E-state index is 12.3. The van der Waals surface area contributed by atoms with Crippen molar-refractivity contribution in [3.8, 4) is 16.9 Å². The second kappa shape index (κ2) is 9.20. The van der Waals surface area contributed by atoms with Crippen LogP contribution in [0.3, 0.4) is 0 Å². The first-order valence-corrected chi connectivity index (χ1v) is 9.25. The third-order valence-electron chi connectivity index (χ3n) is 4.46. The zero-order chi connectivity index (χ0) is 19.9. The van der Waals surface area contributed by atoms with E-state index in [0.29, 0.717) is 5.56 Å². The number of rotatable bonds is 7. The summed E-state index contributed by atoms with van der Waals surface area (Å²) >= 11 is 0. The van der Waals surface area contributed by atoms with Crippen LogP contribution in [0.25, 0.3) is 11.1 Å². The summed E-state index contributed by atoms with van der Waals surface area (Å²) in [5.74, 6) is 0.467. The molecule has 1 N–H and O–H groups in total. The molecular formula is C24H24O4. The van der Waals surface area contributed by atoms with Gasteiger partial charge < -0.3 is 14.6 Å². The van der Waals surface area contributed by atoms with Crippen LogP contribution in [0.4, 0.5) is 0 Å². The van der Waals surface area contributed by atoms with Crippen LogP contribution in [-0.4, -0.2) is 24.3 Å². The predicted molar refractivity (Wildman–Crippen MR) is 109 cm³/mol. The molecule has 0 radical (unpaired) electrons. The number of benzene rings is 3. The van der Waals surface area contributed by atoms with E-state index in [1.54, 1.807) is 12.1 Å². The van der Waals surface area contributed by atoms with Crippen molar-refractivity contribution in [1.82, 2.24) is 0 Å². The first kappa shape index (κ1) is 19.6. The number of ether oxygens (including phenoxy) is 2. The summed E-state index contributed by atoms with van der Waals surface area (Å²) < 4.78 is 11.0. The van der Waals surface area contributed by atoms with Crippen molar-refractivity contribution >= 4 is 5.97 Å². The van der Waals surface area contributed by atoms with E-state index in [-0.39, 0.29) is 25.8 Å². The fraction of sp³-hybridized carbons (Fsp3) is 0.208. The molecule has 0 saturated heterocycles. The van der Waals surface area contributed by atoms with E-state index in [1.165, 1.54) is 0 Å². The fourth-order valence-electron chi connectivity index (χ4n) is 3.10. The zero-order valence-electron chi connectivity index (χ0n) is 16.1. The third kappa shape index (κ3) is 4.78. The van der Waals surface area contributed by atoms with E-state index in [9.17, 15) is 4.79 Å². The number of aryl methyl sites for hydroxylation is 2. The number of carbonyl (C=O) groups is 1. The molecule has 0 aliphatic heterocycles. The number of esters is 1. The summed E-state index contributed by atoms with van der Waals surface area (Å²) in [5, 5.41) is 8.95. The normalized spacial score (nSPS) is 10.5. The minimum atomic E-state index is -0.337. The molecule has 0 unspecified atom stereocenters. The number of aliphatic hydroxyl groups is 1. The molecule has 144 valence electrons. The van der Waals surface area contributed by atoms with Crippen molar-refractivity contribution in [3.05, 3.63) is 89.0 Å². The zero-order valence-corrected chi connectivity index (χ0v) is 16.1. The van der Waals surface area contributed by atoms with Crippen molar-refractivity contribution in [2.45, 2.75) is 20.5 Å². The second-order valence-corrected chi connectivity index (χ2v) is 6.65. The number of hydrogen-bond donors (Lipinski definition) is 1. The van der Waals surface area contributed by atoms with Crippen LogP contribution >= 0.6 is 0 Å². The van der Waals surface area contributed by atoms with Gasteiger partial charge in [0.1, 0.15) is 19.0 Å². The summed E-state index contributed by atoms with van der Waals surface area (Å²) in [5.41, 5.74) is 5.57. The minimum Gasteiger partial charge on any atom is -0.491 e. The summed E-state index contributed by atoms with van der Waals surface area (Å²) in [6.45, 7) is 4.50. The molecule has 0 aliphatic carbocycles. The molecule has 0 bridgehead atoms. The molecule has 3 aromatic rings. The molecule has 3 rings (SSSR count). The molecule has 0 heterocycles. The highest BCUT2D eigenvalue weighted by Gasteiger charge is 2.10. The Balaban J connectivity index is 1.71. The van der Waals surface area contributed by atoms with E-state index >= 15 is 0 Å². The van der Waals surface area contributed by atoms with E-state index < -0.39 is 0 Å². The molecule has 0 atom stereocenters. The average molecular weight is 376 g/mol. The Labute approximate surface area is 165 Å². The molecule has 28 heavy (non-hydrogen) atoms. The Hall–Kier alpha value is -3.11. The largest absolute Gasteiger partial charge is 0.491 e. The summed E-state index contributed by atoms with van der Waals surface area (Å²) in [6.07, 6.45) is 0. The van der Waals surface area contributed by atoms with Gasteiger partial charge >= 0.3 is 5.97 Å². The van der Waals surface area contributed by atoms with Crippen molar-refractivity contribution in [2.75, 3.05) is 13.2 Å². The Morgan fingerprint density at radius 2 is 1.54 bits per heavy atom. The number of carbonyl (C=O) groups excluding carboxylic acids is 1. The van der Waals surface area contributed by atoms with Gasteiger partial charge in [0.2, 0.25) is 0 Å². The third-order valence-corrected chi connectivity index (χ3v) is 4.46. The van der Waals surface area contributed by atoms with Gasteiger partial charge in [-0.1, -0.05) is 42.5 Å². The van der Waals surface area contributed by atoms with Gasteiger partial charge in [-0.2, -0.15) is 0 Å². The van der Waals surface area contributed by atoms with E-state index in [2.05, 4.69) is 0 Å². The highest BCUT2D eigenvalue weighted by atomic mass is 16.5. The molecule has 4 heteroatoms. The predicted octanol–water partition coefficient (Wildman–Crippen LogP) is 4.70. The molecule has 0 aromatic heterocycles. The van der Waals surface area contributed by atoms with Crippen LogP contribution in [-0.2, 0) is 11.3 Å². The van der Waals surface area contributed by atoms with Gasteiger partial charge in [0.25, 0.3) is 0 Å². The Kier molecular flexibility index (Phi) is 6.45. The maximum Gasteiger partial charge on any atom is 0.338 e. The Morgan fingerprint density at radius 1 is 0.893 bits per heavy atom. The van der Waals surface area contributed by atoms with Gasteiger partial charge in [0.15, 0.2) is 0 Å². The second-order valence-electron chi connectivity index (χ2n) is 6.65. The van der Waals surface area contributed by atoms with Crippen molar-refractivity contribution in [1.29, 1.82) is 0 Å². The van der Waals surface area contributed by atoms with Gasteiger partial charge in [0.05, 0.1) is 12.2 Å². The quantitative estimate of drug-likeness (QED) is 0.608. The van der Waals surface area contributed by atoms with E-state index in [4.69, 9.17) is 14.6 Å². The standard InChI is InChI=1S/C24H24O4/c1-17-14-22(15-18(2)23(17)27-13-12-25)20-8-10-21(11-9-20)24(26)28-16-19-6-4-3-5-7-19/h3-11,14-15,25H,12-13,16H2,1-2H3. The van der Waals surface area contributed by atoms with Crippen molar-refractivity contribution < 1.29 is 19.4 Å². The Morgan fingerprint density at radius 3 is 2.14 bits per heavy atom. The first-order valence-electron chi connectivity index (χ1n) is 9.25. The average Bonchev–Trinajstić information content (AvgIpc) is 2.72. The topological polar surface area (TPSA) is 55.8 Å². The lowest BCUT2D eigenvalue weighted by Crippen LogP contribution is -2.05. The molecule has 0 fully saturated rings. The van der Waals surface area contributed by atoms with E-state index in [1.807, 2.05) is 68.4 Å². The SMILES string of the molecule is Cc1cc(-c2ccc(C(=O)OCc3ccccc3)cc2)cc(C)c1OCCO. The molecule has 3 aromatic carbocycles. The van der Waals surface area contributed by atoms with Crippen molar-refractivity contribution in [3.63, 3.8) is 0 Å². The van der Waals surface area contributed by atoms with Crippen LogP contribution in [0.15, 0.2) is 66.7 Å². The minimum absolute atomic E-state index is 0.0114. The first-order chi connectivity index (χ1) is 13.6. The van der Waals surface area contributed by atoms with Crippen LogP contribution in [0.1, 0.15) is 27.0 Å². The summed E-state index contributed by atoms with van der Waals surface area (Å²) in [4.78, 5) is 12.3. The Bertz CT molecular complexity index is 908. The molecule has 4 nitrogen and oxygen atoms in total. The lowest BCUT2D eigenvalue weighted by molar-refractivity contribution is 0.0472. The lowest BCUT2D eigenvalue weighted by Gasteiger charge is -2.14. The molecule has 0 saturated carbocycles. The van der Waals surface area contributed by atoms with E-state index in [0.717, 1.165) is 33.6 Å². The van der Waals surface area contributed by atoms with Gasteiger partial charge in [-0.25, -0.2) is 4.79 Å². The highest BCUT2D eigenvalue weighted by molar-refractivity contribution is 5.90. The van der Waals surface area contributed by atoms with Crippen LogP contribution in [0.5, 0.6) is 5.75 Å². The molecule has 0 aliphatic rings. The molecular weight excluding hydrogens is 352 g/mol. The van der Waals surface area contributed by atoms with Gasteiger partial charge in [0, 0.05) is 0 Å². The van der Waals surface area contributed by atoms with Gasteiger partial charge in [-0.15, -0.1) is 0 Å². The summed E-state index contributed by atoms with van der Waals surface area (Å²) in [6, 6.07) is 21.1. The van der Waals surface area contributed by atoms with Crippen LogP contribution in [0, 0.1) is 13.8 Å². The highest BCUT2D eigenvalue weighted by Crippen LogP contribution is 2.30. The van der Waals surface area contributed by atoms with Crippen LogP contribution in [0.2, 0.25) is 0 Å². The maximum atomic E-state index is 12.3. The van der Waals surface area contributed by atoms with Crippen LogP contribution < -0.4 is 4.74 Å². The van der Waals surface area contributed by atoms with Crippen molar-refractivity contribution in [2.24, 2.45) is 0 Å². The smallest absolute Gasteiger partial charge is 0.338 e. The molecule has 0 amide bonds. The summed E-state index contributed by atoms with van der Waals surface area (Å²) in [7, 11) is 0. The monoisotopic (exact) mass is 376 g/mol. The molecule has 0 spiro atoms. The number of aliphatic hydroxyl groups excluding tert-OH is 1.